The topological polar surface area (TPSA) is 106 Å². The Hall–Kier alpha value is -2.66. The van der Waals surface area contributed by atoms with Crippen molar-refractivity contribution in [1.29, 1.82) is 0 Å². The zero-order valence-corrected chi connectivity index (χ0v) is 19.9. The van der Waals surface area contributed by atoms with E-state index in [9.17, 15) is 13.2 Å². The molecule has 1 amide bonds. The maximum atomic E-state index is 12.6. The number of nitrogens with one attached hydrogen (secondary N) is 2. The number of nitrogens with zero attached hydrogens (tertiary/aromatic N) is 1. The zero-order valence-electron chi connectivity index (χ0n) is 19.1. The largest absolute Gasteiger partial charge is 0.490 e. The molecule has 1 saturated heterocycles. The Morgan fingerprint density at radius 1 is 1.03 bits per heavy atom. The number of carbonyl (C=O) groups excluding carboxylic acids is 1. The number of carbonyl (C=O) groups is 1. The molecule has 4 rings (SSSR count). The van der Waals surface area contributed by atoms with Crippen molar-refractivity contribution in [3.63, 3.8) is 0 Å². The van der Waals surface area contributed by atoms with E-state index in [1.165, 1.54) is 17.7 Å². The molecule has 9 nitrogen and oxygen atoms in total. The van der Waals surface area contributed by atoms with Crippen LogP contribution in [0.3, 0.4) is 0 Å². The predicted octanol–water partition coefficient (Wildman–Crippen LogP) is 1.53. The molecule has 1 unspecified atom stereocenters. The number of hydrogen-bond acceptors (Lipinski definition) is 7. The van der Waals surface area contributed by atoms with E-state index in [0.717, 1.165) is 26.1 Å². The summed E-state index contributed by atoms with van der Waals surface area (Å²) < 4.78 is 44.6. The molecular weight excluding hydrogens is 458 g/mol. The van der Waals surface area contributed by atoms with Crippen molar-refractivity contribution in [2.24, 2.45) is 0 Å². The van der Waals surface area contributed by atoms with Crippen molar-refractivity contribution in [3.05, 3.63) is 54.1 Å². The van der Waals surface area contributed by atoms with E-state index in [1.807, 2.05) is 18.2 Å². The summed E-state index contributed by atoms with van der Waals surface area (Å²) in [6.07, 6.45) is 0.672. The third-order valence-electron chi connectivity index (χ3n) is 5.67. The van der Waals surface area contributed by atoms with Crippen LogP contribution in [-0.2, 0) is 26.1 Å². The summed E-state index contributed by atoms with van der Waals surface area (Å²) in [6.45, 7) is 4.42. The second-order valence-electron chi connectivity index (χ2n) is 8.32. The Balaban J connectivity index is 1.19. The quantitative estimate of drug-likeness (QED) is 0.550. The van der Waals surface area contributed by atoms with E-state index in [2.05, 4.69) is 27.1 Å². The van der Waals surface area contributed by atoms with Crippen LogP contribution in [0.5, 0.6) is 11.5 Å². The van der Waals surface area contributed by atoms with Crippen molar-refractivity contribution >= 4 is 15.9 Å². The molecule has 0 aliphatic carbocycles. The van der Waals surface area contributed by atoms with Gasteiger partial charge in [-0.05, 0) is 17.7 Å². The van der Waals surface area contributed by atoms with Crippen molar-refractivity contribution in [1.82, 2.24) is 14.9 Å². The smallest absolute Gasteiger partial charge is 0.240 e. The van der Waals surface area contributed by atoms with Crippen LogP contribution in [0, 0.1) is 0 Å². The fraction of sp³-hybridized carbons (Fsp3) is 0.458. The number of fused-ring (bicyclic) bond motifs is 1. The number of benzene rings is 2. The van der Waals surface area contributed by atoms with E-state index in [4.69, 9.17) is 14.2 Å². The van der Waals surface area contributed by atoms with Gasteiger partial charge in [0, 0.05) is 51.6 Å². The molecule has 184 valence electrons. The molecule has 1 fully saturated rings. The zero-order chi connectivity index (χ0) is 23.8. The molecular formula is C24H31N3O6S. The van der Waals surface area contributed by atoms with Crippen LogP contribution >= 0.6 is 0 Å². The van der Waals surface area contributed by atoms with Crippen molar-refractivity contribution in [3.8, 4) is 11.5 Å². The van der Waals surface area contributed by atoms with Gasteiger partial charge in [0.15, 0.2) is 11.5 Å². The molecule has 0 saturated carbocycles. The fourth-order valence-corrected chi connectivity index (χ4v) is 4.95. The van der Waals surface area contributed by atoms with Gasteiger partial charge in [0.2, 0.25) is 15.9 Å². The fourth-order valence-electron chi connectivity index (χ4n) is 3.90. The summed E-state index contributed by atoms with van der Waals surface area (Å²) >= 11 is 0. The first-order valence-corrected chi connectivity index (χ1v) is 13.0. The molecule has 2 aromatic rings. The normalized spacial score (nSPS) is 18.8. The average molecular weight is 490 g/mol. The summed E-state index contributed by atoms with van der Waals surface area (Å²) in [5.74, 6) is 0.708. The minimum Gasteiger partial charge on any atom is -0.490 e. The second-order valence-corrected chi connectivity index (χ2v) is 10.1. The van der Waals surface area contributed by atoms with E-state index >= 15 is 0 Å². The lowest BCUT2D eigenvalue weighted by Gasteiger charge is -2.33. The van der Waals surface area contributed by atoms with Gasteiger partial charge in [-0.3, -0.25) is 9.69 Å². The molecule has 0 spiro atoms. The maximum Gasteiger partial charge on any atom is 0.240 e. The monoisotopic (exact) mass is 489 g/mol. The van der Waals surface area contributed by atoms with Gasteiger partial charge < -0.3 is 19.5 Å². The van der Waals surface area contributed by atoms with Crippen molar-refractivity contribution in [2.75, 3.05) is 46.0 Å². The van der Waals surface area contributed by atoms with Gasteiger partial charge in [-0.1, -0.05) is 30.3 Å². The first-order chi connectivity index (χ1) is 16.5. The van der Waals surface area contributed by atoms with E-state index < -0.39 is 10.0 Å². The minimum absolute atomic E-state index is 0.00569. The number of sulfonamides is 1. The Kier molecular flexibility index (Phi) is 8.39. The van der Waals surface area contributed by atoms with Crippen LogP contribution in [0.1, 0.15) is 18.4 Å². The number of rotatable bonds is 9. The first kappa shape index (κ1) is 24.5. The van der Waals surface area contributed by atoms with Gasteiger partial charge in [0.05, 0.1) is 30.8 Å². The number of amides is 1. The van der Waals surface area contributed by atoms with Crippen LogP contribution in [0.4, 0.5) is 0 Å². The standard InChI is InChI=1S/C24H31N3O6S/c28-24(25-16-20-18-27(11-14-31-20)17-19-5-2-1-3-6-19)9-10-26-34(29,30)21-7-8-22-23(15-21)33-13-4-12-32-22/h1-3,5-8,15,20,26H,4,9-14,16-18H2,(H,25,28). The second kappa shape index (κ2) is 11.7. The third kappa shape index (κ3) is 6.92. The first-order valence-electron chi connectivity index (χ1n) is 11.5. The molecule has 0 bridgehead atoms. The molecule has 0 radical (unpaired) electrons. The summed E-state index contributed by atoms with van der Waals surface area (Å²) in [6, 6.07) is 14.8. The molecule has 2 aliphatic heterocycles. The highest BCUT2D eigenvalue weighted by Gasteiger charge is 2.22. The summed E-state index contributed by atoms with van der Waals surface area (Å²) in [5, 5.41) is 2.85. The lowest BCUT2D eigenvalue weighted by molar-refractivity contribution is -0.122. The van der Waals surface area contributed by atoms with Crippen LogP contribution in [0.15, 0.2) is 53.4 Å². The van der Waals surface area contributed by atoms with Crippen LogP contribution in [-0.4, -0.2) is 71.3 Å². The van der Waals surface area contributed by atoms with Crippen molar-refractivity contribution < 1.29 is 27.4 Å². The Labute approximate surface area is 200 Å². The third-order valence-corrected chi connectivity index (χ3v) is 7.13. The molecule has 2 N–H and O–H groups in total. The molecule has 2 aromatic carbocycles. The lowest BCUT2D eigenvalue weighted by atomic mass is 10.2. The van der Waals surface area contributed by atoms with Gasteiger partial charge in [-0.25, -0.2) is 13.1 Å². The van der Waals surface area contributed by atoms with Gasteiger partial charge in [0.25, 0.3) is 0 Å². The van der Waals surface area contributed by atoms with E-state index in [-0.39, 0.29) is 29.9 Å². The summed E-state index contributed by atoms with van der Waals surface area (Å²) in [5.41, 5.74) is 1.24. The van der Waals surface area contributed by atoms with Crippen molar-refractivity contribution in [2.45, 2.75) is 30.4 Å². The highest BCUT2D eigenvalue weighted by Crippen LogP contribution is 2.31. The molecule has 10 heteroatoms. The highest BCUT2D eigenvalue weighted by atomic mass is 32.2. The van der Waals surface area contributed by atoms with E-state index in [1.54, 1.807) is 6.07 Å². The highest BCUT2D eigenvalue weighted by molar-refractivity contribution is 7.89. The molecule has 2 aliphatic rings. The maximum absolute atomic E-state index is 12.6. The number of ether oxygens (including phenoxy) is 3. The number of morpholine rings is 1. The van der Waals surface area contributed by atoms with E-state index in [0.29, 0.717) is 37.9 Å². The van der Waals surface area contributed by atoms with Gasteiger partial charge in [-0.15, -0.1) is 0 Å². The average Bonchev–Trinajstić information content (AvgIpc) is 3.08. The van der Waals surface area contributed by atoms with Gasteiger partial charge >= 0.3 is 0 Å². The molecule has 34 heavy (non-hydrogen) atoms. The summed E-state index contributed by atoms with van der Waals surface area (Å²) in [4.78, 5) is 14.6. The minimum atomic E-state index is -3.77. The molecule has 1 atom stereocenters. The number of hydrogen-bond donors (Lipinski definition) is 2. The Morgan fingerprint density at radius 2 is 1.82 bits per heavy atom. The Morgan fingerprint density at radius 3 is 2.65 bits per heavy atom. The lowest BCUT2D eigenvalue weighted by Crippen LogP contribution is -2.47. The summed E-state index contributed by atoms with van der Waals surface area (Å²) in [7, 11) is -3.77. The van der Waals surface area contributed by atoms with Gasteiger partial charge in [0.1, 0.15) is 0 Å². The predicted molar refractivity (Wildman–Crippen MR) is 126 cm³/mol. The SMILES string of the molecule is O=C(CCNS(=O)(=O)c1ccc2c(c1)OCCCO2)NCC1CN(Cc2ccccc2)CCO1. The van der Waals surface area contributed by atoms with Crippen LogP contribution in [0.2, 0.25) is 0 Å². The van der Waals surface area contributed by atoms with Crippen LogP contribution in [0.25, 0.3) is 0 Å². The van der Waals surface area contributed by atoms with Gasteiger partial charge in [-0.2, -0.15) is 0 Å². The molecule has 0 aromatic heterocycles. The van der Waals surface area contributed by atoms with Crippen LogP contribution < -0.4 is 19.5 Å². The molecule has 2 heterocycles. The Bertz CT molecular complexity index is 1060.